The maximum atomic E-state index is 12.4. The van der Waals surface area contributed by atoms with Gasteiger partial charge in [-0.2, -0.15) is 0 Å². The van der Waals surface area contributed by atoms with E-state index in [0.29, 0.717) is 29.3 Å². The molecule has 0 spiro atoms. The first kappa shape index (κ1) is 16.9. The molecule has 0 atom stereocenters. The van der Waals surface area contributed by atoms with E-state index in [0.717, 1.165) is 19.3 Å². The van der Waals surface area contributed by atoms with Gasteiger partial charge in [0.2, 0.25) is 5.91 Å². The van der Waals surface area contributed by atoms with Gasteiger partial charge in [0.25, 0.3) is 5.69 Å². The number of nitrogens with one attached hydrogen (secondary N) is 2. The molecule has 1 aromatic carbocycles. The number of amides is 1. The third-order valence-corrected chi connectivity index (χ3v) is 4.81. The lowest BCUT2D eigenvalue weighted by Crippen LogP contribution is -2.55. The Morgan fingerprint density at radius 3 is 2.64 bits per heavy atom. The Kier molecular flexibility index (Phi) is 4.43. The van der Waals surface area contributed by atoms with Crippen molar-refractivity contribution in [1.29, 1.82) is 0 Å². The molecule has 25 heavy (non-hydrogen) atoms. The third kappa shape index (κ3) is 3.33. The topological polar surface area (TPSA) is 125 Å². The Labute approximate surface area is 143 Å². The molecule has 3 rings (SSSR count). The minimum Gasteiger partial charge on any atom is -0.480 e. The number of non-ortho nitro benzene ring substituents is 1. The van der Waals surface area contributed by atoms with E-state index >= 15 is 0 Å². The van der Waals surface area contributed by atoms with Crippen molar-refractivity contribution in [2.45, 2.75) is 44.1 Å². The van der Waals surface area contributed by atoms with Gasteiger partial charge in [0.05, 0.1) is 11.3 Å². The molecule has 0 aliphatic heterocycles. The number of nitro benzene ring substituents is 1. The van der Waals surface area contributed by atoms with Gasteiger partial charge in [0.1, 0.15) is 5.54 Å². The molecule has 0 radical (unpaired) electrons. The fraction of sp³-hybridized carbons (Fsp3) is 0.412. The predicted octanol–water partition coefficient (Wildman–Crippen LogP) is 2.52. The molecule has 1 amide bonds. The first-order valence-electron chi connectivity index (χ1n) is 8.20. The molecule has 1 saturated carbocycles. The first-order valence-corrected chi connectivity index (χ1v) is 8.20. The average molecular weight is 345 g/mol. The van der Waals surface area contributed by atoms with Gasteiger partial charge < -0.3 is 15.4 Å². The highest BCUT2D eigenvalue weighted by atomic mass is 16.6. The number of carboxylic acid groups (broad SMARTS) is 1. The van der Waals surface area contributed by atoms with Gasteiger partial charge in [-0.25, -0.2) is 4.79 Å². The van der Waals surface area contributed by atoms with Crippen molar-refractivity contribution in [2.75, 3.05) is 0 Å². The maximum Gasteiger partial charge on any atom is 0.329 e. The van der Waals surface area contributed by atoms with E-state index in [1.807, 2.05) is 0 Å². The lowest BCUT2D eigenvalue weighted by atomic mass is 9.81. The van der Waals surface area contributed by atoms with Crippen LogP contribution >= 0.6 is 0 Å². The van der Waals surface area contributed by atoms with Crippen molar-refractivity contribution in [1.82, 2.24) is 10.3 Å². The Balaban J connectivity index is 1.80. The zero-order valence-corrected chi connectivity index (χ0v) is 13.6. The number of hydrogen-bond acceptors (Lipinski definition) is 4. The van der Waals surface area contributed by atoms with E-state index in [1.165, 1.54) is 12.1 Å². The van der Waals surface area contributed by atoms with Crippen molar-refractivity contribution in [3.63, 3.8) is 0 Å². The molecule has 0 bridgehead atoms. The number of hydrogen-bond donors (Lipinski definition) is 3. The van der Waals surface area contributed by atoms with E-state index in [-0.39, 0.29) is 12.1 Å². The van der Waals surface area contributed by atoms with Crippen LogP contribution in [0.15, 0.2) is 24.4 Å². The third-order valence-electron chi connectivity index (χ3n) is 4.81. The van der Waals surface area contributed by atoms with Gasteiger partial charge in [-0.1, -0.05) is 19.3 Å². The van der Waals surface area contributed by atoms with Gasteiger partial charge in [-0.3, -0.25) is 14.9 Å². The quantitative estimate of drug-likeness (QED) is 0.567. The summed E-state index contributed by atoms with van der Waals surface area (Å²) in [5, 5.41) is 23.7. The highest BCUT2D eigenvalue weighted by molar-refractivity contribution is 5.92. The molecule has 2 aromatic rings. The standard InChI is InChI=1S/C17H19N3O5/c21-15(19-17(16(22)23)6-2-1-3-7-17)8-11-10-18-14-5-4-12(20(24)25)9-13(11)14/h4-5,9-10,18H,1-3,6-8H2,(H,19,21)(H,22,23). The Morgan fingerprint density at radius 2 is 2.00 bits per heavy atom. The zero-order valence-electron chi connectivity index (χ0n) is 13.6. The number of carbonyl (C=O) groups is 2. The largest absolute Gasteiger partial charge is 0.480 e. The number of benzene rings is 1. The Morgan fingerprint density at radius 1 is 1.28 bits per heavy atom. The average Bonchev–Trinajstić information content (AvgIpc) is 2.97. The number of aliphatic carboxylic acids is 1. The number of aromatic nitrogens is 1. The fourth-order valence-electron chi connectivity index (χ4n) is 3.46. The van der Waals surface area contributed by atoms with Gasteiger partial charge in [0.15, 0.2) is 0 Å². The van der Waals surface area contributed by atoms with Crippen LogP contribution in [0.25, 0.3) is 10.9 Å². The van der Waals surface area contributed by atoms with Crippen LogP contribution in [0.3, 0.4) is 0 Å². The van der Waals surface area contributed by atoms with Crippen molar-refractivity contribution < 1.29 is 19.6 Å². The normalized spacial score (nSPS) is 16.5. The van der Waals surface area contributed by atoms with Crippen LogP contribution in [-0.2, 0) is 16.0 Å². The fourth-order valence-corrected chi connectivity index (χ4v) is 3.46. The molecule has 1 aliphatic rings. The summed E-state index contributed by atoms with van der Waals surface area (Å²) in [4.78, 5) is 37.5. The number of rotatable bonds is 5. The van der Waals surface area contributed by atoms with Crippen LogP contribution in [0.4, 0.5) is 5.69 Å². The second-order valence-corrected chi connectivity index (χ2v) is 6.47. The second-order valence-electron chi connectivity index (χ2n) is 6.47. The van der Waals surface area contributed by atoms with Gasteiger partial charge in [-0.05, 0) is 24.5 Å². The summed E-state index contributed by atoms with van der Waals surface area (Å²) in [6.07, 6.45) is 4.95. The minimum absolute atomic E-state index is 0.0315. The van der Waals surface area contributed by atoms with Crippen LogP contribution in [0.2, 0.25) is 0 Å². The summed E-state index contributed by atoms with van der Waals surface area (Å²) < 4.78 is 0. The molecule has 3 N–H and O–H groups in total. The van der Waals surface area contributed by atoms with Gasteiger partial charge in [-0.15, -0.1) is 0 Å². The van der Waals surface area contributed by atoms with E-state index in [4.69, 9.17) is 0 Å². The van der Waals surface area contributed by atoms with Crippen molar-refractivity contribution in [3.05, 3.63) is 40.1 Å². The number of fused-ring (bicyclic) bond motifs is 1. The number of nitrogens with zero attached hydrogens (tertiary/aromatic N) is 1. The molecule has 1 heterocycles. The van der Waals surface area contributed by atoms with Crippen LogP contribution in [0, 0.1) is 10.1 Å². The molecular formula is C17H19N3O5. The predicted molar refractivity (Wildman–Crippen MR) is 90.3 cm³/mol. The van der Waals surface area contributed by atoms with Crippen LogP contribution in [-0.4, -0.2) is 32.4 Å². The summed E-state index contributed by atoms with van der Waals surface area (Å²) in [5.74, 6) is -1.40. The van der Waals surface area contributed by atoms with Gasteiger partial charge in [0, 0.05) is 29.2 Å². The van der Waals surface area contributed by atoms with E-state index < -0.39 is 22.3 Å². The summed E-state index contributed by atoms with van der Waals surface area (Å²) in [7, 11) is 0. The molecule has 1 fully saturated rings. The monoisotopic (exact) mass is 345 g/mol. The van der Waals surface area contributed by atoms with Crippen molar-refractivity contribution >= 4 is 28.5 Å². The van der Waals surface area contributed by atoms with E-state index in [2.05, 4.69) is 10.3 Å². The van der Waals surface area contributed by atoms with Gasteiger partial charge >= 0.3 is 5.97 Å². The Hall–Kier alpha value is -2.90. The molecule has 1 aliphatic carbocycles. The molecule has 0 saturated heterocycles. The molecular weight excluding hydrogens is 326 g/mol. The summed E-state index contributed by atoms with van der Waals surface area (Å²) in [6, 6.07) is 4.40. The maximum absolute atomic E-state index is 12.4. The lowest BCUT2D eigenvalue weighted by molar-refractivity contribution is -0.384. The smallest absolute Gasteiger partial charge is 0.329 e. The summed E-state index contributed by atoms with van der Waals surface area (Å²) >= 11 is 0. The number of aromatic amines is 1. The van der Waals surface area contributed by atoms with E-state index in [9.17, 15) is 24.8 Å². The van der Waals surface area contributed by atoms with E-state index in [1.54, 1.807) is 12.3 Å². The number of H-pyrrole nitrogens is 1. The molecule has 1 aromatic heterocycles. The lowest BCUT2D eigenvalue weighted by Gasteiger charge is -2.34. The van der Waals surface area contributed by atoms with Crippen LogP contribution in [0.5, 0.6) is 0 Å². The number of nitro groups is 1. The summed E-state index contributed by atoms with van der Waals surface area (Å²) in [5.41, 5.74) is 0.0441. The van der Waals surface area contributed by atoms with Crippen molar-refractivity contribution in [2.24, 2.45) is 0 Å². The van der Waals surface area contributed by atoms with Crippen LogP contribution < -0.4 is 5.32 Å². The second kappa shape index (κ2) is 6.54. The SMILES string of the molecule is O=C(Cc1c[nH]c2ccc([N+](=O)[O-])cc12)NC1(C(=O)O)CCCCC1. The molecule has 8 heteroatoms. The highest BCUT2D eigenvalue weighted by Gasteiger charge is 2.40. The summed E-state index contributed by atoms with van der Waals surface area (Å²) in [6.45, 7) is 0. The van der Waals surface area contributed by atoms with Crippen LogP contribution in [0.1, 0.15) is 37.7 Å². The highest BCUT2D eigenvalue weighted by Crippen LogP contribution is 2.29. The zero-order chi connectivity index (χ0) is 18.0. The number of carboxylic acids is 1. The first-order chi connectivity index (χ1) is 11.9. The molecule has 132 valence electrons. The molecule has 8 nitrogen and oxygen atoms in total. The molecule has 0 unspecified atom stereocenters. The minimum atomic E-state index is -1.20. The number of carbonyl (C=O) groups excluding carboxylic acids is 1. The Bertz CT molecular complexity index is 836. The van der Waals surface area contributed by atoms with Crippen molar-refractivity contribution in [3.8, 4) is 0 Å².